The highest BCUT2D eigenvalue weighted by Crippen LogP contribution is 2.44. The number of nitrogens with two attached hydrogens (primary N) is 1. The van der Waals surface area contributed by atoms with E-state index in [0.29, 0.717) is 11.0 Å². The Morgan fingerprint density at radius 1 is 1.07 bits per heavy atom. The molecule has 2 N–H and O–H groups in total. The van der Waals surface area contributed by atoms with Crippen molar-refractivity contribution in [2.45, 2.75) is 25.3 Å². The van der Waals surface area contributed by atoms with E-state index in [1.54, 1.807) is 0 Å². The molecule has 1 aliphatic heterocycles. The Morgan fingerprint density at radius 2 is 1.70 bits per heavy atom. The number of thiocarbonyl (C=S) groups is 1. The highest BCUT2D eigenvalue weighted by atomic mass is 79.9. The predicted molar refractivity (Wildman–Crippen MR) is 122 cm³/mol. The fourth-order valence-electron chi connectivity index (χ4n) is 3.94. The van der Waals surface area contributed by atoms with Crippen molar-refractivity contribution in [3.8, 4) is 0 Å². The van der Waals surface area contributed by atoms with Crippen LogP contribution in [0.3, 0.4) is 0 Å². The van der Waals surface area contributed by atoms with E-state index in [2.05, 4.69) is 86.5 Å². The topological polar surface area (TPSA) is 41.6 Å². The zero-order valence-corrected chi connectivity index (χ0v) is 18.6. The summed E-state index contributed by atoms with van der Waals surface area (Å²) in [4.78, 5) is 0. The van der Waals surface area contributed by atoms with Crippen molar-refractivity contribution in [3.05, 3.63) is 74.2 Å². The summed E-state index contributed by atoms with van der Waals surface area (Å²) in [7, 11) is 0. The van der Waals surface area contributed by atoms with Gasteiger partial charge in [-0.1, -0.05) is 56.1 Å². The molecular formula is C21H19Br2N3S. The molecule has 1 aliphatic carbocycles. The largest absolute Gasteiger partial charge is 0.375 e. The summed E-state index contributed by atoms with van der Waals surface area (Å²) in [6, 6.07) is 16.8. The van der Waals surface area contributed by atoms with Gasteiger partial charge in [0, 0.05) is 14.9 Å². The fraction of sp³-hybridized carbons (Fsp3) is 0.238. The molecule has 0 aromatic heterocycles. The van der Waals surface area contributed by atoms with E-state index in [1.165, 1.54) is 16.7 Å². The van der Waals surface area contributed by atoms with Gasteiger partial charge in [-0.05, 0) is 78.5 Å². The fourth-order valence-corrected chi connectivity index (χ4v) is 4.62. The quantitative estimate of drug-likeness (QED) is 0.506. The SMILES string of the molecule is NC(=S)N1N=C2C(=Cc3ccc(Br)cc3)CCCC2C1c1ccc(Br)cc1. The Balaban J connectivity index is 1.72. The van der Waals surface area contributed by atoms with Crippen LogP contribution in [0.1, 0.15) is 36.4 Å². The molecule has 2 aromatic carbocycles. The van der Waals surface area contributed by atoms with Crippen molar-refractivity contribution in [3.63, 3.8) is 0 Å². The Morgan fingerprint density at radius 3 is 2.33 bits per heavy atom. The van der Waals surface area contributed by atoms with Gasteiger partial charge in [0.25, 0.3) is 0 Å². The average molecular weight is 505 g/mol. The van der Waals surface area contributed by atoms with Crippen LogP contribution in [-0.2, 0) is 0 Å². The van der Waals surface area contributed by atoms with Crippen molar-refractivity contribution in [1.82, 2.24) is 5.01 Å². The molecule has 2 atom stereocenters. The third-order valence-electron chi connectivity index (χ3n) is 5.15. The number of hydrazone groups is 1. The van der Waals surface area contributed by atoms with Gasteiger partial charge in [-0.15, -0.1) is 0 Å². The van der Waals surface area contributed by atoms with Gasteiger partial charge in [0.1, 0.15) is 0 Å². The molecule has 6 heteroatoms. The summed E-state index contributed by atoms with van der Waals surface area (Å²) >= 11 is 12.3. The Bertz CT molecular complexity index is 919. The van der Waals surface area contributed by atoms with Crippen LogP contribution >= 0.6 is 44.1 Å². The van der Waals surface area contributed by atoms with E-state index >= 15 is 0 Å². The van der Waals surface area contributed by atoms with E-state index in [1.807, 2.05) is 5.01 Å². The summed E-state index contributed by atoms with van der Waals surface area (Å²) in [6.07, 6.45) is 5.52. The first-order chi connectivity index (χ1) is 13.0. The van der Waals surface area contributed by atoms with Gasteiger partial charge < -0.3 is 5.73 Å². The first-order valence-corrected chi connectivity index (χ1v) is 10.9. The summed E-state index contributed by atoms with van der Waals surface area (Å²) in [6.45, 7) is 0. The van der Waals surface area contributed by atoms with Crippen LogP contribution in [0.25, 0.3) is 6.08 Å². The standard InChI is InChI=1S/C21H19Br2N3S/c22-16-8-4-13(5-9-16)12-15-2-1-3-18-19(15)25-26(21(24)27)20(18)14-6-10-17(23)11-7-14/h4-12,18,20H,1-3H2,(H2,24,27). The number of fused-ring (bicyclic) bond motifs is 1. The molecule has 0 saturated heterocycles. The minimum atomic E-state index is 0.0687. The third-order valence-corrected chi connectivity index (χ3v) is 6.39. The molecule has 0 amide bonds. The maximum absolute atomic E-state index is 6.04. The molecule has 0 radical (unpaired) electrons. The van der Waals surface area contributed by atoms with Gasteiger partial charge >= 0.3 is 0 Å². The summed E-state index contributed by atoms with van der Waals surface area (Å²) in [5.74, 6) is 0.308. The Kier molecular flexibility index (Phi) is 5.48. The van der Waals surface area contributed by atoms with Crippen molar-refractivity contribution >= 4 is 61.0 Å². The lowest BCUT2D eigenvalue weighted by Gasteiger charge is -2.29. The number of halogens is 2. The minimum Gasteiger partial charge on any atom is -0.375 e. The lowest BCUT2D eigenvalue weighted by atomic mass is 9.77. The zero-order valence-electron chi connectivity index (χ0n) is 14.6. The first-order valence-electron chi connectivity index (χ1n) is 8.92. The van der Waals surface area contributed by atoms with E-state index in [9.17, 15) is 0 Å². The molecule has 138 valence electrons. The van der Waals surface area contributed by atoms with Crippen molar-refractivity contribution in [2.24, 2.45) is 16.8 Å². The highest BCUT2D eigenvalue weighted by molar-refractivity contribution is 9.10. The second kappa shape index (κ2) is 7.86. The van der Waals surface area contributed by atoms with Gasteiger partial charge in [0.15, 0.2) is 5.11 Å². The van der Waals surface area contributed by atoms with Crippen LogP contribution in [0.15, 0.2) is 68.2 Å². The smallest absolute Gasteiger partial charge is 0.187 e. The number of nitrogens with zero attached hydrogens (tertiary/aromatic N) is 2. The molecule has 1 fully saturated rings. The van der Waals surface area contributed by atoms with E-state index in [-0.39, 0.29) is 6.04 Å². The van der Waals surface area contributed by atoms with Gasteiger partial charge in [0.2, 0.25) is 0 Å². The molecule has 2 unspecified atom stereocenters. The molecule has 0 bridgehead atoms. The highest BCUT2D eigenvalue weighted by Gasteiger charge is 2.42. The number of rotatable bonds is 2. The molecule has 1 heterocycles. The van der Waals surface area contributed by atoms with Crippen LogP contribution in [0.5, 0.6) is 0 Å². The zero-order chi connectivity index (χ0) is 19.0. The predicted octanol–water partition coefficient (Wildman–Crippen LogP) is 6.05. The van der Waals surface area contributed by atoms with Gasteiger partial charge in [-0.3, -0.25) is 0 Å². The molecule has 2 aliphatic rings. The maximum atomic E-state index is 6.04. The molecule has 1 saturated carbocycles. The third kappa shape index (κ3) is 3.89. The summed E-state index contributed by atoms with van der Waals surface area (Å²) in [5, 5.41) is 7.04. The van der Waals surface area contributed by atoms with Crippen LogP contribution in [0.2, 0.25) is 0 Å². The van der Waals surface area contributed by atoms with E-state index < -0.39 is 0 Å². The van der Waals surface area contributed by atoms with Crippen LogP contribution in [-0.4, -0.2) is 15.8 Å². The van der Waals surface area contributed by atoms with E-state index in [4.69, 9.17) is 23.1 Å². The summed E-state index contributed by atoms with van der Waals surface area (Å²) < 4.78 is 2.14. The number of allylic oxidation sites excluding steroid dienone is 1. The Hall–Kier alpha value is -1.50. The monoisotopic (exact) mass is 503 g/mol. The average Bonchev–Trinajstić information content (AvgIpc) is 3.05. The molecule has 27 heavy (non-hydrogen) atoms. The number of hydrogen-bond acceptors (Lipinski definition) is 2. The number of benzene rings is 2. The molecular weight excluding hydrogens is 486 g/mol. The Labute approximate surface area is 181 Å². The van der Waals surface area contributed by atoms with Crippen LogP contribution < -0.4 is 5.73 Å². The van der Waals surface area contributed by atoms with Gasteiger partial charge in [-0.25, -0.2) is 5.01 Å². The minimum absolute atomic E-state index is 0.0687. The van der Waals surface area contributed by atoms with Gasteiger partial charge in [0.05, 0.1) is 11.8 Å². The molecule has 4 rings (SSSR count). The van der Waals surface area contributed by atoms with Crippen molar-refractivity contribution < 1.29 is 0 Å². The van der Waals surface area contributed by atoms with Crippen LogP contribution in [0, 0.1) is 5.92 Å². The second-order valence-electron chi connectivity index (χ2n) is 6.88. The van der Waals surface area contributed by atoms with Gasteiger partial charge in [-0.2, -0.15) is 5.10 Å². The van der Waals surface area contributed by atoms with Crippen LogP contribution in [0.4, 0.5) is 0 Å². The maximum Gasteiger partial charge on any atom is 0.187 e. The lowest BCUT2D eigenvalue weighted by Crippen LogP contribution is -2.34. The number of hydrogen-bond donors (Lipinski definition) is 1. The molecule has 3 nitrogen and oxygen atoms in total. The lowest BCUT2D eigenvalue weighted by molar-refractivity contribution is 0.305. The second-order valence-corrected chi connectivity index (χ2v) is 9.13. The van der Waals surface area contributed by atoms with Crippen molar-refractivity contribution in [2.75, 3.05) is 0 Å². The first kappa shape index (κ1) is 18.8. The molecule has 0 spiro atoms. The normalized spacial score (nSPS) is 23.3. The van der Waals surface area contributed by atoms with E-state index in [0.717, 1.165) is 33.9 Å². The van der Waals surface area contributed by atoms with Crippen molar-refractivity contribution in [1.29, 1.82) is 0 Å². The molecule has 2 aromatic rings. The summed E-state index contributed by atoms with van der Waals surface area (Å²) in [5.41, 5.74) is 10.8.